The number of nitrogens with one attached hydrogen (secondary N) is 2. The van der Waals surface area contributed by atoms with Crippen molar-refractivity contribution in [3.8, 4) is 0 Å². The minimum absolute atomic E-state index is 0.0805. The van der Waals surface area contributed by atoms with Crippen molar-refractivity contribution in [2.24, 2.45) is 11.5 Å². The highest BCUT2D eigenvalue weighted by atomic mass is 16.1. The molecule has 0 spiro atoms. The number of aryl methyl sites for hydroxylation is 2. The SMILES string of the molecule is Cc1cc(Nc2nc(NC3CCCCC3N)ncc2C(N)=O)cc(C)c1C. The first-order valence-corrected chi connectivity index (χ1v) is 9.39. The summed E-state index contributed by atoms with van der Waals surface area (Å²) in [5.41, 5.74) is 16.4. The van der Waals surface area contributed by atoms with Crippen LogP contribution >= 0.6 is 0 Å². The number of carbonyl (C=O) groups is 1. The van der Waals surface area contributed by atoms with Crippen LogP contribution in [0.4, 0.5) is 17.5 Å². The highest BCUT2D eigenvalue weighted by molar-refractivity contribution is 5.98. The predicted molar refractivity (Wildman–Crippen MR) is 108 cm³/mol. The van der Waals surface area contributed by atoms with E-state index in [4.69, 9.17) is 11.5 Å². The van der Waals surface area contributed by atoms with Gasteiger partial charge < -0.3 is 22.1 Å². The standard InChI is InChI=1S/C20H28N6O/c1-11-8-14(9-12(2)13(11)3)24-19-15(18(22)27)10-23-20(26-19)25-17-7-5-4-6-16(17)21/h8-10,16-17H,4-7,21H2,1-3H3,(H2,22,27)(H2,23,24,25,26). The molecule has 6 N–H and O–H groups in total. The molecule has 2 unspecified atom stereocenters. The smallest absolute Gasteiger partial charge is 0.254 e. The number of anilines is 3. The van der Waals surface area contributed by atoms with Gasteiger partial charge >= 0.3 is 0 Å². The summed E-state index contributed by atoms with van der Waals surface area (Å²) in [6.07, 6.45) is 5.73. The molecule has 1 aliphatic rings. The van der Waals surface area contributed by atoms with E-state index in [0.29, 0.717) is 11.8 Å². The van der Waals surface area contributed by atoms with Gasteiger partial charge in [-0.2, -0.15) is 4.98 Å². The molecule has 0 aliphatic heterocycles. The normalized spacial score (nSPS) is 19.6. The van der Waals surface area contributed by atoms with Crippen molar-refractivity contribution < 1.29 is 4.79 Å². The molecule has 1 aliphatic carbocycles. The van der Waals surface area contributed by atoms with Gasteiger partial charge in [0.1, 0.15) is 11.4 Å². The number of benzene rings is 1. The number of rotatable bonds is 5. The third-order valence-electron chi connectivity index (χ3n) is 5.38. The third kappa shape index (κ3) is 4.36. The lowest BCUT2D eigenvalue weighted by Crippen LogP contribution is -2.43. The van der Waals surface area contributed by atoms with Gasteiger partial charge in [0.05, 0.1) is 0 Å². The molecule has 0 radical (unpaired) electrons. The second kappa shape index (κ2) is 7.92. The number of primary amides is 1. The van der Waals surface area contributed by atoms with Crippen LogP contribution in [0.15, 0.2) is 18.3 Å². The van der Waals surface area contributed by atoms with Crippen molar-refractivity contribution in [3.05, 3.63) is 40.6 Å². The van der Waals surface area contributed by atoms with E-state index in [0.717, 1.165) is 31.4 Å². The van der Waals surface area contributed by atoms with Crippen molar-refractivity contribution in [1.29, 1.82) is 0 Å². The molecule has 1 fully saturated rings. The molecule has 7 nitrogen and oxygen atoms in total. The second-order valence-corrected chi connectivity index (χ2v) is 7.38. The summed E-state index contributed by atoms with van der Waals surface area (Å²) in [7, 11) is 0. The van der Waals surface area contributed by atoms with E-state index in [1.165, 1.54) is 22.9 Å². The lowest BCUT2D eigenvalue weighted by molar-refractivity contribution is 0.100. The number of hydrogen-bond acceptors (Lipinski definition) is 6. The minimum Gasteiger partial charge on any atom is -0.365 e. The van der Waals surface area contributed by atoms with Crippen molar-refractivity contribution in [1.82, 2.24) is 9.97 Å². The minimum atomic E-state index is -0.570. The molecular formula is C20H28N6O. The maximum Gasteiger partial charge on any atom is 0.254 e. The highest BCUT2D eigenvalue weighted by Crippen LogP contribution is 2.25. The Bertz CT molecular complexity index is 827. The molecular weight excluding hydrogens is 340 g/mol. The number of carbonyl (C=O) groups excluding carboxylic acids is 1. The van der Waals surface area contributed by atoms with Crippen LogP contribution in [0.5, 0.6) is 0 Å². The molecule has 7 heteroatoms. The quantitative estimate of drug-likeness (QED) is 0.644. The van der Waals surface area contributed by atoms with E-state index in [-0.39, 0.29) is 17.6 Å². The fourth-order valence-electron chi connectivity index (χ4n) is 3.48. The van der Waals surface area contributed by atoms with Gasteiger partial charge in [0.2, 0.25) is 5.95 Å². The molecule has 1 amide bonds. The molecule has 1 heterocycles. The fraction of sp³-hybridized carbons (Fsp3) is 0.450. The molecule has 0 bridgehead atoms. The van der Waals surface area contributed by atoms with Crippen LogP contribution in [0.3, 0.4) is 0 Å². The van der Waals surface area contributed by atoms with E-state index in [1.54, 1.807) is 0 Å². The second-order valence-electron chi connectivity index (χ2n) is 7.38. The van der Waals surface area contributed by atoms with Crippen LogP contribution in [0.2, 0.25) is 0 Å². The van der Waals surface area contributed by atoms with Crippen molar-refractivity contribution >= 4 is 23.4 Å². The zero-order chi connectivity index (χ0) is 19.6. The van der Waals surface area contributed by atoms with E-state index in [9.17, 15) is 4.79 Å². The van der Waals surface area contributed by atoms with Crippen molar-refractivity contribution in [2.75, 3.05) is 10.6 Å². The van der Waals surface area contributed by atoms with Gasteiger partial charge in [0.15, 0.2) is 0 Å². The Morgan fingerprint density at radius 3 is 2.44 bits per heavy atom. The van der Waals surface area contributed by atoms with E-state index >= 15 is 0 Å². The summed E-state index contributed by atoms with van der Waals surface area (Å²) in [4.78, 5) is 20.6. The molecule has 2 aromatic rings. The highest BCUT2D eigenvalue weighted by Gasteiger charge is 2.23. The summed E-state index contributed by atoms with van der Waals surface area (Å²) in [6, 6.07) is 4.27. The van der Waals surface area contributed by atoms with Crippen LogP contribution < -0.4 is 22.1 Å². The summed E-state index contributed by atoms with van der Waals surface area (Å²) >= 11 is 0. The maximum absolute atomic E-state index is 11.8. The van der Waals surface area contributed by atoms with Crippen LogP contribution in [-0.4, -0.2) is 28.0 Å². The average Bonchev–Trinajstić information content (AvgIpc) is 2.61. The van der Waals surface area contributed by atoms with Crippen molar-refractivity contribution in [3.63, 3.8) is 0 Å². The third-order valence-corrected chi connectivity index (χ3v) is 5.38. The van der Waals surface area contributed by atoms with Gasteiger partial charge in [-0.3, -0.25) is 4.79 Å². The van der Waals surface area contributed by atoms with Crippen LogP contribution in [0.1, 0.15) is 52.7 Å². The molecule has 144 valence electrons. The average molecular weight is 368 g/mol. The molecule has 1 saturated carbocycles. The van der Waals surface area contributed by atoms with E-state index < -0.39 is 5.91 Å². The van der Waals surface area contributed by atoms with Gasteiger partial charge in [0, 0.05) is 24.0 Å². The van der Waals surface area contributed by atoms with Crippen LogP contribution in [0.25, 0.3) is 0 Å². The van der Waals surface area contributed by atoms with Gasteiger partial charge in [-0.1, -0.05) is 12.8 Å². The Labute approximate surface area is 160 Å². The van der Waals surface area contributed by atoms with Crippen LogP contribution in [0, 0.1) is 20.8 Å². The lowest BCUT2D eigenvalue weighted by atomic mass is 9.91. The first kappa shape index (κ1) is 19.1. The Kier molecular flexibility index (Phi) is 5.60. The Morgan fingerprint density at radius 1 is 1.15 bits per heavy atom. The van der Waals surface area contributed by atoms with E-state index in [2.05, 4.69) is 41.4 Å². The van der Waals surface area contributed by atoms with Crippen molar-refractivity contribution in [2.45, 2.75) is 58.5 Å². The zero-order valence-corrected chi connectivity index (χ0v) is 16.2. The largest absolute Gasteiger partial charge is 0.365 e. The summed E-state index contributed by atoms with van der Waals surface area (Å²) in [5, 5.41) is 6.54. The van der Waals surface area contributed by atoms with Gasteiger partial charge in [0.25, 0.3) is 5.91 Å². The Hall–Kier alpha value is -2.67. The first-order valence-electron chi connectivity index (χ1n) is 9.39. The molecule has 1 aromatic heterocycles. The first-order chi connectivity index (χ1) is 12.8. The van der Waals surface area contributed by atoms with Gasteiger partial charge in [-0.05, 0) is 62.4 Å². The predicted octanol–water partition coefficient (Wildman–Crippen LogP) is 2.93. The molecule has 27 heavy (non-hydrogen) atoms. The molecule has 3 rings (SSSR count). The monoisotopic (exact) mass is 368 g/mol. The summed E-state index contributed by atoms with van der Waals surface area (Å²) in [5.74, 6) is 0.274. The number of nitrogens with two attached hydrogens (primary N) is 2. The summed E-state index contributed by atoms with van der Waals surface area (Å²) in [6.45, 7) is 6.20. The van der Waals surface area contributed by atoms with Gasteiger partial charge in [-0.15, -0.1) is 0 Å². The number of aromatic nitrogens is 2. The number of amides is 1. The summed E-state index contributed by atoms with van der Waals surface area (Å²) < 4.78 is 0. The lowest BCUT2D eigenvalue weighted by Gasteiger charge is -2.29. The molecule has 2 atom stereocenters. The Morgan fingerprint density at radius 2 is 1.81 bits per heavy atom. The van der Waals surface area contributed by atoms with Crippen LogP contribution in [-0.2, 0) is 0 Å². The van der Waals surface area contributed by atoms with Gasteiger partial charge in [-0.25, -0.2) is 4.98 Å². The Balaban J connectivity index is 1.89. The molecule has 1 aromatic carbocycles. The maximum atomic E-state index is 11.8. The topological polar surface area (TPSA) is 119 Å². The van der Waals surface area contributed by atoms with E-state index in [1.807, 2.05) is 12.1 Å². The number of hydrogen-bond donors (Lipinski definition) is 4. The zero-order valence-electron chi connectivity index (χ0n) is 16.2. The molecule has 0 saturated heterocycles. The number of nitrogens with zero attached hydrogens (tertiary/aromatic N) is 2. The fourth-order valence-corrected chi connectivity index (χ4v) is 3.48.